The van der Waals surface area contributed by atoms with Crippen LogP contribution in [0.3, 0.4) is 0 Å². The van der Waals surface area contributed by atoms with Crippen molar-refractivity contribution in [1.82, 2.24) is 15.0 Å². The molecule has 2 aromatic heterocycles. The first-order valence-electron chi connectivity index (χ1n) is 9.97. The van der Waals surface area contributed by atoms with E-state index in [1.54, 1.807) is 6.20 Å². The highest BCUT2D eigenvalue weighted by molar-refractivity contribution is 5.89. The number of pyridine rings is 1. The molecule has 3 N–H and O–H groups in total. The number of fused-ring (bicyclic) bond motifs is 1. The number of carbonyl (C=O) groups is 1. The second kappa shape index (κ2) is 7.84. The molecule has 1 aliphatic rings. The predicted octanol–water partition coefficient (Wildman–Crippen LogP) is 3.75. The summed E-state index contributed by atoms with van der Waals surface area (Å²) in [5.41, 5.74) is 6.07. The average molecular weight is 403 g/mol. The minimum absolute atomic E-state index is 0.103. The maximum atomic E-state index is 11.3. The van der Waals surface area contributed by atoms with E-state index in [0.29, 0.717) is 11.6 Å². The summed E-state index contributed by atoms with van der Waals surface area (Å²) in [5, 5.41) is 15.9. The molecule has 1 aliphatic carbocycles. The van der Waals surface area contributed by atoms with Gasteiger partial charge in [0.1, 0.15) is 0 Å². The van der Waals surface area contributed by atoms with Gasteiger partial charge in [-0.05, 0) is 55.2 Å². The Morgan fingerprint density at radius 1 is 1.23 bits per heavy atom. The van der Waals surface area contributed by atoms with Gasteiger partial charge in [-0.25, -0.2) is 9.97 Å². The molecule has 0 spiro atoms. The summed E-state index contributed by atoms with van der Waals surface area (Å²) in [5.74, 6) is 0.336. The number of hydrogen-bond donors (Lipinski definition) is 3. The molecule has 1 unspecified atom stereocenters. The lowest BCUT2D eigenvalue weighted by Gasteiger charge is -2.22. The molecule has 4 rings (SSSR count). The van der Waals surface area contributed by atoms with Crippen LogP contribution in [-0.2, 0) is 16.6 Å². The van der Waals surface area contributed by atoms with Crippen molar-refractivity contribution in [2.45, 2.75) is 39.0 Å². The summed E-state index contributed by atoms with van der Waals surface area (Å²) >= 11 is 0. The van der Waals surface area contributed by atoms with Gasteiger partial charge in [-0.3, -0.25) is 9.78 Å². The van der Waals surface area contributed by atoms with E-state index in [0.717, 1.165) is 46.6 Å². The molecule has 1 aromatic carbocycles. The number of carbonyl (C=O) groups excluding carboxylic acids is 1. The third-order valence-corrected chi connectivity index (χ3v) is 5.64. The number of hydrogen-bond acceptors (Lipinski definition) is 6. The molecule has 0 fully saturated rings. The van der Waals surface area contributed by atoms with E-state index in [4.69, 9.17) is 0 Å². The largest absolute Gasteiger partial charge is 0.395 e. The van der Waals surface area contributed by atoms with Crippen molar-refractivity contribution in [2.75, 3.05) is 17.2 Å². The van der Waals surface area contributed by atoms with Gasteiger partial charge in [0, 0.05) is 47.4 Å². The first kappa shape index (κ1) is 20.0. The topological polar surface area (TPSA) is 100 Å². The summed E-state index contributed by atoms with van der Waals surface area (Å²) in [6, 6.07) is 9.57. The first-order valence-corrected chi connectivity index (χ1v) is 9.97. The molecule has 2 heterocycles. The van der Waals surface area contributed by atoms with Crippen LogP contribution in [0.1, 0.15) is 37.1 Å². The number of amides is 1. The molecule has 0 bridgehead atoms. The molecule has 1 atom stereocenters. The van der Waals surface area contributed by atoms with E-state index in [1.165, 1.54) is 6.92 Å². The zero-order valence-corrected chi connectivity index (χ0v) is 17.4. The van der Waals surface area contributed by atoms with Crippen LogP contribution in [0, 0.1) is 6.92 Å². The van der Waals surface area contributed by atoms with E-state index < -0.39 is 0 Å². The lowest BCUT2D eigenvalue weighted by atomic mass is 9.85. The van der Waals surface area contributed by atoms with Crippen molar-refractivity contribution < 1.29 is 9.90 Å². The van der Waals surface area contributed by atoms with E-state index in [1.807, 2.05) is 37.4 Å². The zero-order chi connectivity index (χ0) is 21.3. The van der Waals surface area contributed by atoms with Crippen molar-refractivity contribution in [2.24, 2.45) is 0 Å². The van der Waals surface area contributed by atoms with Crippen LogP contribution in [-0.4, -0.2) is 32.6 Å². The highest BCUT2D eigenvalue weighted by Crippen LogP contribution is 2.39. The van der Waals surface area contributed by atoms with Gasteiger partial charge >= 0.3 is 0 Å². The molecule has 3 aromatic rings. The molecule has 0 saturated carbocycles. The summed E-state index contributed by atoms with van der Waals surface area (Å²) in [6.45, 7) is 5.63. The van der Waals surface area contributed by atoms with E-state index in [2.05, 4.69) is 38.6 Å². The fraction of sp³-hybridized carbons (Fsp3) is 0.304. The minimum atomic E-state index is -0.256. The fourth-order valence-corrected chi connectivity index (χ4v) is 3.79. The summed E-state index contributed by atoms with van der Waals surface area (Å²) in [7, 11) is 0. The third kappa shape index (κ3) is 3.89. The van der Waals surface area contributed by atoms with Gasteiger partial charge in [-0.15, -0.1) is 0 Å². The molecule has 0 aliphatic heterocycles. The Morgan fingerprint density at radius 2 is 2.07 bits per heavy atom. The summed E-state index contributed by atoms with van der Waals surface area (Å²) in [4.78, 5) is 24.9. The Kier molecular flexibility index (Phi) is 5.22. The van der Waals surface area contributed by atoms with Gasteiger partial charge in [0.15, 0.2) is 0 Å². The van der Waals surface area contributed by atoms with Crippen LogP contribution in [0.25, 0.3) is 11.3 Å². The average Bonchev–Trinajstić information content (AvgIpc) is 3.07. The van der Waals surface area contributed by atoms with Crippen molar-refractivity contribution >= 4 is 23.2 Å². The number of benzene rings is 1. The Balaban J connectivity index is 1.63. The van der Waals surface area contributed by atoms with Gasteiger partial charge in [0.05, 0.1) is 12.3 Å². The molecule has 7 heteroatoms. The number of rotatable bonds is 5. The number of aromatic nitrogens is 3. The quantitative estimate of drug-likeness (QED) is 0.600. The lowest BCUT2D eigenvalue weighted by Crippen LogP contribution is -2.23. The molecular formula is C23H25N5O2. The second-order valence-electron chi connectivity index (χ2n) is 8.04. The Bertz CT molecular complexity index is 1110. The van der Waals surface area contributed by atoms with E-state index >= 15 is 0 Å². The van der Waals surface area contributed by atoms with Crippen LogP contribution < -0.4 is 10.6 Å². The highest BCUT2D eigenvalue weighted by atomic mass is 16.3. The standard InChI is InChI=1S/C23H25N5O2/c1-14-4-5-17(26-15(2)30)11-21(14)28-22-24-9-7-19(27-22)16-10-18-20(25-12-16)6-8-23(18,3)13-29/h4-5,7,9-12,29H,6,8,13H2,1-3H3,(H,26,30)(H,24,27,28). The molecular weight excluding hydrogens is 378 g/mol. The Labute approximate surface area is 175 Å². The zero-order valence-electron chi connectivity index (χ0n) is 17.4. The van der Waals surface area contributed by atoms with Gasteiger partial charge in [0.2, 0.25) is 11.9 Å². The van der Waals surface area contributed by atoms with E-state index in [9.17, 15) is 9.90 Å². The highest BCUT2D eigenvalue weighted by Gasteiger charge is 2.34. The van der Waals surface area contributed by atoms with Gasteiger partial charge < -0.3 is 15.7 Å². The summed E-state index contributed by atoms with van der Waals surface area (Å²) < 4.78 is 0. The summed E-state index contributed by atoms with van der Waals surface area (Å²) in [6.07, 6.45) is 5.32. The van der Waals surface area contributed by atoms with Crippen molar-refractivity contribution in [3.05, 3.63) is 59.5 Å². The molecule has 7 nitrogen and oxygen atoms in total. The third-order valence-electron chi connectivity index (χ3n) is 5.64. The first-order chi connectivity index (χ1) is 14.4. The Morgan fingerprint density at radius 3 is 2.83 bits per heavy atom. The maximum Gasteiger partial charge on any atom is 0.227 e. The van der Waals surface area contributed by atoms with Crippen molar-refractivity contribution in [3.8, 4) is 11.3 Å². The van der Waals surface area contributed by atoms with Crippen LogP contribution in [0.2, 0.25) is 0 Å². The normalized spacial score (nSPS) is 17.5. The van der Waals surface area contributed by atoms with Crippen LogP contribution in [0.4, 0.5) is 17.3 Å². The number of aliphatic hydroxyl groups excluding tert-OH is 1. The number of anilines is 3. The van der Waals surface area contributed by atoms with Crippen molar-refractivity contribution in [3.63, 3.8) is 0 Å². The number of aliphatic hydroxyl groups is 1. The monoisotopic (exact) mass is 403 g/mol. The molecule has 30 heavy (non-hydrogen) atoms. The smallest absolute Gasteiger partial charge is 0.227 e. The fourth-order valence-electron chi connectivity index (χ4n) is 3.79. The molecule has 154 valence electrons. The molecule has 1 amide bonds. The van der Waals surface area contributed by atoms with Gasteiger partial charge in [-0.2, -0.15) is 0 Å². The predicted molar refractivity (Wildman–Crippen MR) is 117 cm³/mol. The SMILES string of the molecule is CC(=O)Nc1ccc(C)c(Nc2nccc(-c3cnc4c(c3)C(C)(CO)CC4)n2)c1. The molecule has 0 radical (unpaired) electrons. The van der Waals surface area contributed by atoms with Gasteiger partial charge in [0.25, 0.3) is 0 Å². The minimum Gasteiger partial charge on any atom is -0.395 e. The number of nitrogens with one attached hydrogen (secondary N) is 2. The second-order valence-corrected chi connectivity index (χ2v) is 8.04. The van der Waals surface area contributed by atoms with Crippen LogP contribution in [0.5, 0.6) is 0 Å². The van der Waals surface area contributed by atoms with Crippen LogP contribution in [0.15, 0.2) is 42.7 Å². The number of nitrogens with zero attached hydrogens (tertiary/aromatic N) is 3. The van der Waals surface area contributed by atoms with Crippen LogP contribution >= 0.6 is 0 Å². The maximum absolute atomic E-state index is 11.3. The lowest BCUT2D eigenvalue weighted by molar-refractivity contribution is -0.114. The Hall–Kier alpha value is -3.32. The molecule has 0 saturated heterocycles. The van der Waals surface area contributed by atoms with Gasteiger partial charge in [-0.1, -0.05) is 13.0 Å². The van der Waals surface area contributed by atoms with Crippen molar-refractivity contribution in [1.29, 1.82) is 0 Å². The van der Waals surface area contributed by atoms with E-state index in [-0.39, 0.29) is 17.9 Å². The number of aryl methyl sites for hydroxylation is 2.